The van der Waals surface area contributed by atoms with Gasteiger partial charge in [0.1, 0.15) is 66.8 Å². The zero-order valence-electron chi connectivity index (χ0n) is 77.6. The molecule has 802 valence electrons. The molecule has 60 N–H and O–H groups in total. The molecule has 140 heavy (non-hydrogen) atoms. The Morgan fingerprint density at radius 3 is 1.08 bits per heavy atom. The Kier molecular flexibility index (Phi) is 90.8. The Labute approximate surface area is 805 Å². The van der Waals surface area contributed by atoms with Crippen molar-refractivity contribution in [3.8, 4) is 0 Å². The minimum absolute atomic E-state index is 0.00998. The molecule has 1 rings (SSSR count). The van der Waals surface area contributed by atoms with Crippen LogP contribution in [0.3, 0.4) is 0 Å². The Morgan fingerprint density at radius 1 is 0.421 bits per heavy atom. The Bertz CT molecular complexity index is 4050. The van der Waals surface area contributed by atoms with E-state index in [1.54, 1.807) is 11.6 Å². The first-order chi connectivity index (χ1) is 65.4. The summed E-state index contributed by atoms with van der Waals surface area (Å²) in [6.45, 7) is 12.8. The molecule has 0 bridgehead atoms. The fourth-order valence-electron chi connectivity index (χ4n) is 8.83. The molecule has 0 fully saturated rings. The van der Waals surface area contributed by atoms with Crippen molar-refractivity contribution >= 4 is 145 Å². The number of hydrogen-bond donors (Lipinski definition) is 40. The summed E-state index contributed by atoms with van der Waals surface area (Å²) in [6, 6.07) is -2.22. The summed E-state index contributed by atoms with van der Waals surface area (Å²) in [5.41, 5.74) is 106. The van der Waals surface area contributed by atoms with Gasteiger partial charge in [0, 0.05) is 84.8 Å². The van der Waals surface area contributed by atoms with E-state index in [0.717, 1.165) is 0 Å². The SMILES string of the molecule is C=CCNC(N)=NCCCC(N)C(=O)O.C=CNC(N)=NCCCC(N)C(=O)O.CC(NC(CCCN=C(N)N)C(=O)O)C(=O)O.NC(=NCCCC(N)C(=O)O)NO.NC(N)=NCCCC(N)P(=O)(O)O.NC(N)=NCCCC(NC(CCOC=O)C(=O)O)C(=O)O.NC(N)=NCCCC(NCCOC=O)C(=O)O.NC(N)=Nc1ccc(C(=O)O)cc1.NCCC(=O)NC(CCCN=C(N)N)C(=O)O. The highest BCUT2D eigenvalue weighted by molar-refractivity contribution is 7.52. The number of ether oxygens (including phenoxy) is 2. The maximum Gasteiger partial charge on any atom is 0.342 e. The number of guanidine groups is 9. The second-order valence-corrected chi connectivity index (χ2v) is 29.5. The van der Waals surface area contributed by atoms with Crippen molar-refractivity contribution in [1.29, 1.82) is 0 Å². The van der Waals surface area contributed by atoms with E-state index in [0.29, 0.717) is 148 Å². The van der Waals surface area contributed by atoms with E-state index in [9.17, 15) is 66.9 Å². The minimum Gasteiger partial charge on any atom is -0.480 e. The van der Waals surface area contributed by atoms with Crippen molar-refractivity contribution in [3.63, 3.8) is 0 Å². The Morgan fingerprint density at radius 2 is 0.757 bits per heavy atom. The van der Waals surface area contributed by atoms with Crippen LogP contribution in [0.2, 0.25) is 0 Å². The fourth-order valence-corrected chi connectivity index (χ4v) is 9.35. The van der Waals surface area contributed by atoms with Crippen molar-refractivity contribution in [2.75, 3.05) is 85.2 Å². The van der Waals surface area contributed by atoms with Gasteiger partial charge in [-0.3, -0.25) is 113 Å². The van der Waals surface area contributed by atoms with Crippen LogP contribution in [-0.2, 0) is 71.6 Å². The second-order valence-electron chi connectivity index (χ2n) is 27.6. The van der Waals surface area contributed by atoms with Crippen LogP contribution >= 0.6 is 7.60 Å². The second kappa shape index (κ2) is 90.5. The lowest BCUT2D eigenvalue weighted by Crippen LogP contribution is -2.47. The molecule has 0 heterocycles. The molecule has 0 aliphatic heterocycles. The summed E-state index contributed by atoms with van der Waals surface area (Å²) < 4.78 is 19.4. The van der Waals surface area contributed by atoms with Crippen molar-refractivity contribution in [2.24, 2.45) is 160 Å². The number of aliphatic imine (C=N–C) groups is 9. The van der Waals surface area contributed by atoms with E-state index in [1.807, 2.05) is 0 Å². The summed E-state index contributed by atoms with van der Waals surface area (Å²) in [6.07, 6.45) is 9.54. The molecule has 0 saturated heterocycles. The first-order valence-corrected chi connectivity index (χ1v) is 43.3. The van der Waals surface area contributed by atoms with Gasteiger partial charge in [0.15, 0.2) is 47.7 Å². The third-order valence-electron chi connectivity index (χ3n) is 15.8. The number of benzene rings is 1. The molecule has 10 atom stereocenters. The van der Waals surface area contributed by atoms with E-state index < -0.39 is 127 Å². The van der Waals surface area contributed by atoms with Gasteiger partial charge >= 0.3 is 67.3 Å². The number of nitrogens with one attached hydrogen (secondary N) is 7. The van der Waals surface area contributed by atoms with Crippen molar-refractivity contribution in [2.45, 2.75) is 183 Å². The van der Waals surface area contributed by atoms with E-state index >= 15 is 0 Å². The highest BCUT2D eigenvalue weighted by Crippen LogP contribution is 2.40. The lowest BCUT2D eigenvalue weighted by Gasteiger charge is -2.19. The van der Waals surface area contributed by atoms with Crippen LogP contribution < -0.4 is 152 Å². The molecule has 1 aromatic rings. The van der Waals surface area contributed by atoms with Crippen molar-refractivity contribution in [3.05, 3.63) is 55.3 Å². The number of aromatic carboxylic acids is 1. The molecule has 0 spiro atoms. The molecule has 10 unspecified atom stereocenters. The van der Waals surface area contributed by atoms with Crippen LogP contribution in [0, 0.1) is 0 Å². The van der Waals surface area contributed by atoms with Gasteiger partial charge in [-0.1, -0.05) is 12.7 Å². The number of carbonyl (C=O) groups is 13. The quantitative estimate of drug-likeness (QED) is 0.00548. The third-order valence-corrected chi connectivity index (χ3v) is 17.0. The van der Waals surface area contributed by atoms with E-state index in [4.69, 9.17) is 181 Å². The van der Waals surface area contributed by atoms with Crippen molar-refractivity contribution in [1.82, 2.24) is 37.4 Å². The number of carbonyl (C=O) groups excluding carboxylic acids is 3. The van der Waals surface area contributed by atoms with Gasteiger partial charge in [-0.25, -0.2) is 20.1 Å². The number of hydroxylamine groups is 1. The molecular formula is C74H147N36O29P. The van der Waals surface area contributed by atoms with Gasteiger partial charge in [-0.15, -0.1) is 6.58 Å². The first kappa shape index (κ1) is 140. The number of aliphatic carboxylic acids is 9. The molecule has 0 aromatic heterocycles. The van der Waals surface area contributed by atoms with Gasteiger partial charge in [0.2, 0.25) is 11.9 Å². The maximum absolute atomic E-state index is 11.2. The van der Waals surface area contributed by atoms with E-state index in [-0.39, 0.29) is 137 Å². The van der Waals surface area contributed by atoms with E-state index in [2.05, 4.69) is 99.5 Å². The lowest BCUT2D eigenvalue weighted by molar-refractivity contribution is -0.145. The number of rotatable bonds is 63. The number of carboxylic acid groups (broad SMARTS) is 10. The number of nitrogens with two attached hydrogens (primary N) is 20. The standard InChI is InChI=1S/C11H20N4O6.C9H19N5O3.2C9H18N4O4.C9H18N4O2.C8H16N4O2.C8H9N3O2.C6H14N4O3.C5H15N4O3P/c12-11(13)14-4-1-2-7(9(17)18)15-8(10(19)20)3-5-21-6-16;10-4-3-7(15)14-6(8(16)17)2-1-5-13-9(11)12;1-5(7(14)15)13-6(8(16)17)3-2-4-12-9(10)11;10-9(11)13-3-1-2-7(8(15)16)12-4-5-17-6-14;1-2-5-12-9(11)13-6-3-4-7(10)8(14)15;1-2-11-8(10)12-5-3-4-6(9)7(13)14;9-8(10)11-6-3-1-5(2-4-6)7(12)13;7-4(5(11)12)2-1-3-9-6(8)10-13;6-4(13(10,11)12)2-1-3-9-5(7)8/h6-8,15H,1-5H2,(H,17,18)(H,19,20)(H4,12,13,14);6H,1-5,10H2,(H,14,15)(H,16,17)(H4,11,12,13);5-6,13H,2-4H2,1H3,(H,14,15)(H,16,17)(H4,10,11,12);6-7,12H,1-5H2,(H,15,16)(H4,10,11,13);2,7H,1,3-6,10H2,(H,14,15)(H3,11,12,13);2,6H,1,3-5,9H2,(H,13,14)(H3,10,11,12);1-4H,(H,12,13)(H4,9,10,11);4,13H,1-3,7H2,(H,11,12)(H3,8,9,10);4H,1-3,6H2,(H4,7,8,9)(H2,10,11,12). The third kappa shape index (κ3) is 99.0. The Hall–Kier alpha value is -15.0. The number of nitrogens with zero attached hydrogens (tertiary/aromatic N) is 9. The normalized spacial score (nSPS) is 12.6. The van der Waals surface area contributed by atoms with Gasteiger partial charge in [0.05, 0.1) is 17.9 Å². The van der Waals surface area contributed by atoms with E-state index in [1.165, 1.54) is 37.4 Å². The van der Waals surface area contributed by atoms with Gasteiger partial charge in [0.25, 0.3) is 12.9 Å². The first-order valence-electron chi connectivity index (χ1n) is 41.6. The lowest BCUT2D eigenvalue weighted by atomic mass is 10.1. The largest absolute Gasteiger partial charge is 0.480 e. The van der Waals surface area contributed by atoms with Gasteiger partial charge in [-0.2, -0.15) is 0 Å². The number of amides is 1. The minimum atomic E-state index is -4.15. The number of hydrogen-bond acceptors (Lipinski definition) is 34. The zero-order valence-corrected chi connectivity index (χ0v) is 78.5. The molecule has 1 amide bonds. The summed E-state index contributed by atoms with van der Waals surface area (Å²) >= 11 is 0. The number of carboxylic acids is 10. The molecule has 0 aliphatic rings. The summed E-state index contributed by atoms with van der Waals surface area (Å²) in [5, 5.41) is 111. The molecule has 66 heteroatoms. The molecular weight excluding hydrogens is 1890 g/mol. The summed E-state index contributed by atoms with van der Waals surface area (Å²) in [7, 11) is -4.15. The monoisotopic (exact) mass is 2040 g/mol. The predicted octanol–water partition coefficient (Wildman–Crippen LogP) is -11.4. The molecule has 1 aromatic carbocycles. The topological polar surface area (TPSA) is 1240 Å². The average Bonchev–Trinajstić information content (AvgIpc) is 0.890. The van der Waals surface area contributed by atoms with Crippen LogP contribution in [0.15, 0.2) is 94.6 Å². The fraction of sp³-hybridized carbons (Fsp3) is 0.568. The highest BCUT2D eigenvalue weighted by atomic mass is 31.2. The molecule has 0 saturated carbocycles. The van der Waals surface area contributed by atoms with Crippen LogP contribution in [0.1, 0.15) is 133 Å². The highest BCUT2D eigenvalue weighted by Gasteiger charge is 2.28. The molecule has 65 nitrogen and oxygen atoms in total. The van der Waals surface area contributed by atoms with Crippen molar-refractivity contribution < 1.29 is 142 Å². The zero-order chi connectivity index (χ0) is 109. The molecule has 0 aliphatic carbocycles. The summed E-state index contributed by atoms with van der Waals surface area (Å²) in [5.74, 6) is -11.9. The smallest absolute Gasteiger partial charge is 0.342 e. The molecule has 0 radical (unpaired) electrons. The predicted molar refractivity (Wildman–Crippen MR) is 518 cm³/mol. The van der Waals surface area contributed by atoms with Crippen LogP contribution in [0.25, 0.3) is 0 Å². The Balaban J connectivity index is -0.000000234. The van der Waals surface area contributed by atoms with Gasteiger partial charge < -0.3 is 206 Å². The van der Waals surface area contributed by atoms with Crippen LogP contribution in [0.4, 0.5) is 5.69 Å². The van der Waals surface area contributed by atoms with Crippen LogP contribution in [-0.4, -0.2) is 344 Å². The summed E-state index contributed by atoms with van der Waals surface area (Å²) in [4.78, 5) is 189. The maximum atomic E-state index is 11.2. The van der Waals surface area contributed by atoms with Crippen LogP contribution in [0.5, 0.6) is 0 Å². The average molecular weight is 2040 g/mol. The van der Waals surface area contributed by atoms with Gasteiger partial charge in [-0.05, 0) is 140 Å².